The number of carbonyl (C=O) groups excluding carboxylic acids is 4. The summed E-state index contributed by atoms with van der Waals surface area (Å²) in [7, 11) is -4.58. The van der Waals surface area contributed by atoms with Crippen molar-refractivity contribution in [1.82, 2.24) is 68.1 Å². The number of para-hydroxylation sites is 8. The number of nitrogens with zero attached hydrogens (tertiary/aromatic N) is 14. The van der Waals surface area contributed by atoms with Crippen LogP contribution in [0.25, 0.3) is 155 Å². The third kappa shape index (κ3) is 19.8. The first kappa shape index (κ1) is 91.9. The summed E-state index contributed by atoms with van der Waals surface area (Å²) in [5.41, 5.74) is 41.2. The van der Waals surface area contributed by atoms with Crippen molar-refractivity contribution in [3.05, 3.63) is 414 Å². The minimum absolute atomic E-state index is 0.0276. The van der Waals surface area contributed by atoms with Crippen LogP contribution in [0.3, 0.4) is 0 Å². The number of imidazole rings is 4. The van der Waals surface area contributed by atoms with Crippen LogP contribution in [0.4, 0.5) is 30.7 Å². The average Bonchev–Trinajstić information content (AvgIpc) is 1.56. The lowest BCUT2D eigenvalue weighted by Crippen LogP contribution is -2.17. The number of fused-ring (bicyclic) bond motifs is 8. The molecule has 0 aliphatic carbocycles. The van der Waals surface area contributed by atoms with Crippen LogP contribution in [0.2, 0.25) is 0 Å². The number of rotatable bonds is 20. The summed E-state index contributed by atoms with van der Waals surface area (Å²) in [5, 5.41) is 2.61. The van der Waals surface area contributed by atoms with Crippen LogP contribution in [0.1, 0.15) is 70.0 Å². The first-order valence-electron chi connectivity index (χ1n) is 43.7. The van der Waals surface area contributed by atoms with Crippen molar-refractivity contribution in [3.8, 4) is 67.4 Å². The van der Waals surface area contributed by atoms with Crippen molar-refractivity contribution in [3.63, 3.8) is 0 Å². The van der Waals surface area contributed by atoms with E-state index >= 15 is 0 Å². The monoisotopic (exact) mass is 1900 g/mol. The standard InChI is InChI=1S/2C29H20FN5O.C26H18F4N4O.C24H17FN4O4S/c30-20-11-9-19(10-12-20)22-16-26(28(31)36)33-25-15-18(8-13-21(22)25)17-35-27-7-2-1-5-23(27)34-29(35)24-6-3-4-14-32-24;30-21-10-8-19(9-11-21)23-15-26(28(31)36)33-25-14-18(7-12-22(23)25)17-35-27-6-2-1-5-24(27)34-29(35)20-4-3-13-32-16-20;27-17-8-6-16(7-9-17)19-12-22(25(31)35)32-21-11-15(5-10-18(19)21)14-34-23-4-2-1-3-20(23)33-24(34)13-26(28,29)30;25-16-8-6-15(7-9-16)18-12-21(23(26)30)27-20-11-14(5-10-17(18)20)13-29-22-4-2-1-3-19(22)28-24(29)34(31,32)33/h2*1-16H,17H2,(H2,31,36);1-12H,13-14H2,(H2,31,35);1-12H,13H2,(H2,26,30)(H,31,32,33). The molecule has 0 atom stereocenters. The highest BCUT2D eigenvalue weighted by Gasteiger charge is 2.32. The Morgan fingerprint density at radius 2 is 0.631 bits per heavy atom. The van der Waals surface area contributed by atoms with Crippen LogP contribution in [-0.2, 0) is 42.7 Å². The summed E-state index contributed by atoms with van der Waals surface area (Å²) in [6.07, 6.45) is -0.284. The van der Waals surface area contributed by atoms with Gasteiger partial charge in [0.1, 0.15) is 69.8 Å². The molecule has 33 heteroatoms. The van der Waals surface area contributed by atoms with Gasteiger partial charge in [-0.25, -0.2) is 57.4 Å². The normalized spacial score (nSPS) is 11.5. The first-order valence-corrected chi connectivity index (χ1v) is 45.1. The fraction of sp³-hybridized carbons (Fsp3) is 0.0556. The lowest BCUT2D eigenvalue weighted by molar-refractivity contribution is -0.128. The molecule has 0 radical (unpaired) electrons. The smallest absolute Gasteiger partial charge is 0.364 e. The number of pyridine rings is 6. The molecular formula is C108H75F7N18O7S. The lowest BCUT2D eigenvalue weighted by Gasteiger charge is -2.13. The summed E-state index contributed by atoms with van der Waals surface area (Å²) in [4.78, 5) is 92.4. The van der Waals surface area contributed by atoms with Gasteiger partial charge in [-0.3, -0.25) is 33.7 Å². The maximum absolute atomic E-state index is 13.5. The Balaban J connectivity index is 0.000000120. The van der Waals surface area contributed by atoms with Crippen LogP contribution < -0.4 is 22.9 Å². The van der Waals surface area contributed by atoms with E-state index in [1.165, 1.54) is 57.7 Å². The molecule has 0 spiro atoms. The molecule has 0 saturated carbocycles. The Morgan fingerprint density at radius 1 is 0.312 bits per heavy atom. The fourth-order valence-corrected chi connectivity index (χ4v) is 17.7. The largest absolute Gasteiger partial charge is 0.396 e. The molecule has 9 N–H and O–H groups in total. The van der Waals surface area contributed by atoms with Gasteiger partial charge >= 0.3 is 16.3 Å². The van der Waals surface area contributed by atoms with Crippen molar-refractivity contribution in [1.29, 1.82) is 0 Å². The molecule has 0 unspecified atom stereocenters. The Morgan fingerprint density at radius 3 is 0.972 bits per heavy atom. The number of hydrogen-bond acceptors (Lipinski definition) is 16. The van der Waals surface area contributed by atoms with E-state index in [0.29, 0.717) is 101 Å². The minimum Gasteiger partial charge on any atom is -0.364 e. The van der Waals surface area contributed by atoms with E-state index in [1.54, 1.807) is 176 Å². The highest BCUT2D eigenvalue weighted by molar-refractivity contribution is 7.85. The van der Waals surface area contributed by atoms with E-state index in [-0.39, 0.29) is 59.1 Å². The van der Waals surface area contributed by atoms with Crippen LogP contribution in [0, 0.1) is 23.3 Å². The number of alkyl halides is 3. The van der Waals surface area contributed by atoms with E-state index in [0.717, 1.165) is 89.1 Å². The molecule has 4 amide bonds. The van der Waals surface area contributed by atoms with Gasteiger partial charge in [0.15, 0.2) is 5.82 Å². The summed E-state index contributed by atoms with van der Waals surface area (Å²) in [6.45, 7) is 1.25. The lowest BCUT2D eigenvalue weighted by atomic mass is 9.98. The van der Waals surface area contributed by atoms with E-state index in [4.69, 9.17) is 32.9 Å². The SMILES string of the molecule is NC(=O)c1cc(-c2ccc(F)cc2)c2ccc(Cn3c(-c4ccccn4)nc4ccccc43)cc2n1.NC(=O)c1cc(-c2ccc(F)cc2)c2ccc(Cn3c(-c4cccnc4)nc4ccccc43)cc2n1.NC(=O)c1cc(-c2ccc(F)cc2)c2ccc(Cn3c(CC(F)(F)F)nc4ccccc43)cc2n1.NC(=O)c1cc(-c2ccc(F)cc2)c2ccc(Cn3c(S(=O)(=O)O)nc4ccccc43)cc2n1. The molecule has 0 fully saturated rings. The second-order valence-corrected chi connectivity index (χ2v) is 34.2. The summed E-state index contributed by atoms with van der Waals surface area (Å²) in [5.74, 6) is -2.64. The molecule has 10 heterocycles. The highest BCUT2D eigenvalue weighted by atomic mass is 32.2. The van der Waals surface area contributed by atoms with Gasteiger partial charge in [-0.15, -0.1) is 0 Å². The van der Waals surface area contributed by atoms with Crippen molar-refractivity contribution >= 4 is 121 Å². The summed E-state index contributed by atoms with van der Waals surface area (Å²) >= 11 is 0. The maximum atomic E-state index is 13.5. The van der Waals surface area contributed by atoms with E-state index < -0.39 is 57.3 Å². The Kier molecular flexibility index (Phi) is 25.1. The molecule has 22 aromatic rings. The fourth-order valence-electron chi connectivity index (χ4n) is 17.1. The Hall–Kier alpha value is -18.2. The minimum atomic E-state index is -4.58. The van der Waals surface area contributed by atoms with Gasteiger partial charge in [0.25, 0.3) is 28.8 Å². The quantitative estimate of drug-likeness (QED) is 0.0349. The van der Waals surface area contributed by atoms with Crippen molar-refractivity contribution in [2.75, 3.05) is 0 Å². The number of amides is 4. The summed E-state index contributed by atoms with van der Waals surface area (Å²) < 4.78 is 134. The van der Waals surface area contributed by atoms with Crippen molar-refractivity contribution < 1.29 is 62.9 Å². The van der Waals surface area contributed by atoms with Crippen molar-refractivity contribution in [2.45, 2.75) is 43.9 Å². The topological polar surface area (TPSA) is 375 Å². The van der Waals surface area contributed by atoms with Gasteiger partial charge in [-0.05, 0) is 237 Å². The van der Waals surface area contributed by atoms with E-state index in [1.807, 2.05) is 115 Å². The third-order valence-electron chi connectivity index (χ3n) is 23.6. The number of primary amides is 4. The van der Waals surface area contributed by atoms with Gasteiger partial charge in [-0.1, -0.05) is 152 Å². The van der Waals surface area contributed by atoms with Crippen LogP contribution in [0.5, 0.6) is 0 Å². The van der Waals surface area contributed by atoms with E-state index in [9.17, 15) is 62.9 Å². The van der Waals surface area contributed by atoms with Gasteiger partial charge in [0, 0.05) is 65.3 Å². The number of hydrogen-bond donors (Lipinski definition) is 5. The number of carbonyl (C=O) groups is 4. The van der Waals surface area contributed by atoms with Crippen LogP contribution in [-0.4, -0.2) is 111 Å². The highest BCUT2D eigenvalue weighted by Crippen LogP contribution is 2.39. The van der Waals surface area contributed by atoms with Gasteiger partial charge < -0.3 is 41.2 Å². The number of benzene rings is 12. The molecule has 25 nitrogen and oxygen atoms in total. The van der Waals surface area contributed by atoms with Crippen LogP contribution in [0.15, 0.2) is 345 Å². The predicted molar refractivity (Wildman–Crippen MR) is 524 cm³/mol. The molecular weight excluding hydrogens is 1830 g/mol. The number of halogens is 7. The molecule has 22 rings (SSSR count). The van der Waals surface area contributed by atoms with E-state index in [2.05, 4.69) is 49.0 Å². The molecule has 0 aliphatic heterocycles. The van der Waals surface area contributed by atoms with Gasteiger partial charge in [0.05, 0.1) is 72.7 Å². The molecule has 694 valence electrons. The first-order chi connectivity index (χ1) is 68.0. The zero-order chi connectivity index (χ0) is 98.1. The van der Waals surface area contributed by atoms with Crippen LogP contribution >= 0.6 is 0 Å². The maximum Gasteiger partial charge on any atom is 0.396 e. The number of nitrogens with two attached hydrogens (primary N) is 4. The Labute approximate surface area is 796 Å². The molecule has 0 aliphatic rings. The predicted octanol–water partition coefficient (Wildman–Crippen LogP) is 20.6. The molecule has 12 aromatic carbocycles. The summed E-state index contributed by atoms with van der Waals surface area (Å²) in [6, 6.07) is 92.0. The second kappa shape index (κ2) is 38.5. The second-order valence-electron chi connectivity index (χ2n) is 32.9. The number of aromatic nitrogens is 14. The van der Waals surface area contributed by atoms with Gasteiger partial charge in [0.2, 0.25) is 0 Å². The van der Waals surface area contributed by atoms with Gasteiger partial charge in [-0.2, -0.15) is 21.6 Å². The zero-order valence-corrected chi connectivity index (χ0v) is 74.7. The third-order valence-corrected chi connectivity index (χ3v) is 24.3. The molecule has 0 saturated heterocycles. The molecule has 0 bridgehead atoms. The Bertz CT molecular complexity index is 8540. The molecule has 141 heavy (non-hydrogen) atoms. The van der Waals surface area contributed by atoms with Crippen molar-refractivity contribution in [2.24, 2.45) is 22.9 Å². The molecule has 10 aromatic heterocycles. The average molecular weight is 1900 g/mol. The zero-order valence-electron chi connectivity index (χ0n) is 73.9.